The van der Waals surface area contributed by atoms with E-state index in [1.807, 2.05) is 11.6 Å². The van der Waals surface area contributed by atoms with Crippen LogP contribution in [0.4, 0.5) is 10.3 Å². The summed E-state index contributed by atoms with van der Waals surface area (Å²) in [5, 5.41) is 3.62. The third-order valence-electron chi connectivity index (χ3n) is 2.30. The first-order chi connectivity index (χ1) is 7.74. The lowest BCUT2D eigenvalue weighted by atomic mass is 10.4. The van der Waals surface area contributed by atoms with Crippen molar-refractivity contribution in [3.8, 4) is 10.6 Å². The van der Waals surface area contributed by atoms with Gasteiger partial charge in [0, 0.05) is 24.7 Å². The molecule has 4 nitrogen and oxygen atoms in total. The standard InChI is InChI=1S/C10H14N4S2/c1-3-14(4-2)10-12-5-8(16-10)7-6-15-9(11)13-7/h5-6H,3-4H2,1-2H3,(H2,11,13). The van der Waals surface area contributed by atoms with Crippen LogP contribution in [0.5, 0.6) is 0 Å². The number of nitrogen functional groups attached to an aromatic ring is 1. The number of hydrogen-bond acceptors (Lipinski definition) is 6. The molecule has 0 atom stereocenters. The normalized spacial score (nSPS) is 10.6. The maximum Gasteiger partial charge on any atom is 0.185 e. The van der Waals surface area contributed by atoms with Crippen LogP contribution in [0, 0.1) is 0 Å². The lowest BCUT2D eigenvalue weighted by Crippen LogP contribution is -2.21. The van der Waals surface area contributed by atoms with Crippen molar-refractivity contribution in [3.05, 3.63) is 11.6 Å². The molecule has 0 amide bonds. The summed E-state index contributed by atoms with van der Waals surface area (Å²) in [5.74, 6) is 0. The molecule has 6 heteroatoms. The molecule has 2 rings (SSSR count). The number of anilines is 2. The summed E-state index contributed by atoms with van der Waals surface area (Å²) in [5.41, 5.74) is 6.55. The Labute approximate surface area is 103 Å². The van der Waals surface area contributed by atoms with Gasteiger partial charge >= 0.3 is 0 Å². The zero-order valence-corrected chi connectivity index (χ0v) is 10.9. The van der Waals surface area contributed by atoms with Crippen molar-refractivity contribution in [1.82, 2.24) is 9.97 Å². The van der Waals surface area contributed by atoms with E-state index in [1.54, 1.807) is 11.3 Å². The monoisotopic (exact) mass is 254 g/mol. The fraction of sp³-hybridized carbons (Fsp3) is 0.400. The van der Waals surface area contributed by atoms with Crippen LogP contribution >= 0.6 is 22.7 Å². The van der Waals surface area contributed by atoms with E-state index in [1.165, 1.54) is 11.3 Å². The van der Waals surface area contributed by atoms with Crippen molar-refractivity contribution in [2.75, 3.05) is 23.7 Å². The summed E-state index contributed by atoms with van der Waals surface area (Å²) in [6.45, 7) is 6.21. The van der Waals surface area contributed by atoms with E-state index in [2.05, 4.69) is 28.7 Å². The molecule has 0 unspecified atom stereocenters. The van der Waals surface area contributed by atoms with E-state index in [0.717, 1.165) is 28.8 Å². The number of nitrogens with two attached hydrogens (primary N) is 1. The molecular formula is C10H14N4S2. The first-order valence-corrected chi connectivity index (χ1v) is 6.86. The molecule has 2 N–H and O–H groups in total. The molecule has 0 saturated heterocycles. The van der Waals surface area contributed by atoms with Gasteiger partial charge in [0.05, 0.1) is 10.6 Å². The van der Waals surface area contributed by atoms with Gasteiger partial charge in [-0.1, -0.05) is 11.3 Å². The maximum absolute atomic E-state index is 5.62. The summed E-state index contributed by atoms with van der Waals surface area (Å²) in [7, 11) is 0. The van der Waals surface area contributed by atoms with Crippen molar-refractivity contribution >= 4 is 32.9 Å². The summed E-state index contributed by atoms with van der Waals surface area (Å²) in [4.78, 5) is 12.0. The summed E-state index contributed by atoms with van der Waals surface area (Å²) < 4.78 is 0. The third kappa shape index (κ3) is 2.17. The van der Waals surface area contributed by atoms with Crippen LogP contribution in [0.15, 0.2) is 11.6 Å². The van der Waals surface area contributed by atoms with Crippen LogP contribution in [0.25, 0.3) is 10.6 Å². The number of thiazole rings is 2. The Morgan fingerprint density at radius 2 is 2.12 bits per heavy atom. The van der Waals surface area contributed by atoms with Crippen LogP contribution in [-0.4, -0.2) is 23.1 Å². The highest BCUT2D eigenvalue weighted by atomic mass is 32.1. The molecule has 0 aliphatic heterocycles. The summed E-state index contributed by atoms with van der Waals surface area (Å²) >= 11 is 3.12. The highest BCUT2D eigenvalue weighted by Crippen LogP contribution is 2.32. The molecule has 0 bridgehead atoms. The molecule has 0 aromatic carbocycles. The molecule has 86 valence electrons. The minimum Gasteiger partial charge on any atom is -0.375 e. The van der Waals surface area contributed by atoms with Gasteiger partial charge in [-0.05, 0) is 13.8 Å². The largest absolute Gasteiger partial charge is 0.375 e. The first-order valence-electron chi connectivity index (χ1n) is 5.16. The van der Waals surface area contributed by atoms with Gasteiger partial charge in [0.25, 0.3) is 0 Å². The zero-order valence-electron chi connectivity index (χ0n) is 9.30. The topological polar surface area (TPSA) is 55.0 Å². The Hall–Kier alpha value is -1.14. The van der Waals surface area contributed by atoms with Crippen LogP contribution < -0.4 is 10.6 Å². The molecule has 0 aliphatic rings. The highest BCUT2D eigenvalue weighted by molar-refractivity contribution is 7.19. The third-order valence-corrected chi connectivity index (χ3v) is 4.06. The second-order valence-corrected chi connectivity index (χ2v) is 5.15. The van der Waals surface area contributed by atoms with Gasteiger partial charge < -0.3 is 10.6 Å². The predicted molar refractivity (Wildman–Crippen MR) is 71.2 cm³/mol. The van der Waals surface area contributed by atoms with Crippen molar-refractivity contribution in [3.63, 3.8) is 0 Å². The van der Waals surface area contributed by atoms with E-state index in [4.69, 9.17) is 5.73 Å². The molecule has 0 saturated carbocycles. The van der Waals surface area contributed by atoms with Crippen LogP contribution in [-0.2, 0) is 0 Å². The number of hydrogen-bond donors (Lipinski definition) is 1. The van der Waals surface area contributed by atoms with E-state index in [-0.39, 0.29) is 0 Å². The van der Waals surface area contributed by atoms with Gasteiger partial charge in [0.2, 0.25) is 0 Å². The van der Waals surface area contributed by atoms with Crippen molar-refractivity contribution in [2.24, 2.45) is 0 Å². The lowest BCUT2D eigenvalue weighted by molar-refractivity contribution is 0.860. The van der Waals surface area contributed by atoms with E-state index >= 15 is 0 Å². The number of aromatic nitrogens is 2. The van der Waals surface area contributed by atoms with Gasteiger partial charge in [-0.25, -0.2) is 9.97 Å². The zero-order chi connectivity index (χ0) is 11.5. The highest BCUT2D eigenvalue weighted by Gasteiger charge is 2.10. The summed E-state index contributed by atoms with van der Waals surface area (Å²) in [6, 6.07) is 0. The van der Waals surface area contributed by atoms with E-state index < -0.39 is 0 Å². The average molecular weight is 254 g/mol. The SMILES string of the molecule is CCN(CC)c1ncc(-c2csc(N)n2)s1. The van der Waals surface area contributed by atoms with Crippen LogP contribution in [0.2, 0.25) is 0 Å². The predicted octanol–water partition coefficient (Wildman–Crippen LogP) is 2.70. The molecule has 0 aliphatic carbocycles. The van der Waals surface area contributed by atoms with Crippen LogP contribution in [0.3, 0.4) is 0 Å². The van der Waals surface area contributed by atoms with Crippen molar-refractivity contribution in [2.45, 2.75) is 13.8 Å². The Morgan fingerprint density at radius 3 is 2.69 bits per heavy atom. The molecule has 2 heterocycles. The molecule has 2 aromatic heterocycles. The second kappa shape index (κ2) is 4.80. The Morgan fingerprint density at radius 1 is 1.38 bits per heavy atom. The number of rotatable bonds is 4. The first kappa shape index (κ1) is 11.3. The quantitative estimate of drug-likeness (QED) is 0.911. The van der Waals surface area contributed by atoms with E-state index in [9.17, 15) is 0 Å². The molecule has 0 radical (unpaired) electrons. The molecule has 16 heavy (non-hydrogen) atoms. The minimum absolute atomic E-state index is 0.604. The van der Waals surface area contributed by atoms with Gasteiger partial charge in [-0.2, -0.15) is 0 Å². The minimum atomic E-state index is 0.604. The van der Waals surface area contributed by atoms with Gasteiger partial charge in [0.1, 0.15) is 0 Å². The molecular weight excluding hydrogens is 240 g/mol. The molecule has 0 spiro atoms. The Bertz CT molecular complexity index is 459. The maximum atomic E-state index is 5.62. The fourth-order valence-electron chi connectivity index (χ4n) is 1.42. The van der Waals surface area contributed by atoms with Crippen molar-refractivity contribution in [1.29, 1.82) is 0 Å². The van der Waals surface area contributed by atoms with Crippen molar-refractivity contribution < 1.29 is 0 Å². The van der Waals surface area contributed by atoms with Gasteiger partial charge in [-0.15, -0.1) is 11.3 Å². The summed E-state index contributed by atoms with van der Waals surface area (Å²) in [6.07, 6.45) is 1.87. The fourth-order valence-corrected chi connectivity index (χ4v) is 3.07. The van der Waals surface area contributed by atoms with Crippen LogP contribution in [0.1, 0.15) is 13.8 Å². The van der Waals surface area contributed by atoms with E-state index in [0.29, 0.717) is 5.13 Å². The lowest BCUT2D eigenvalue weighted by Gasteiger charge is -2.16. The Balaban J connectivity index is 2.25. The van der Waals surface area contributed by atoms with Gasteiger partial charge in [-0.3, -0.25) is 0 Å². The molecule has 2 aromatic rings. The average Bonchev–Trinajstić information content (AvgIpc) is 2.89. The van der Waals surface area contributed by atoms with Gasteiger partial charge in [0.15, 0.2) is 10.3 Å². The molecule has 0 fully saturated rings. The Kier molecular flexibility index (Phi) is 3.40. The number of nitrogens with zero attached hydrogens (tertiary/aromatic N) is 3. The smallest absolute Gasteiger partial charge is 0.185 e. The second-order valence-electron chi connectivity index (χ2n) is 3.25.